The van der Waals surface area contributed by atoms with Crippen LogP contribution in [-0.4, -0.2) is 60.0 Å². The number of carbonyl (C=O) groups excluding carboxylic acids is 1. The molecule has 0 radical (unpaired) electrons. The number of rotatable bonds is 6. The molecule has 8 heteroatoms. The average Bonchev–Trinajstić information content (AvgIpc) is 3.46. The maximum absolute atomic E-state index is 13.0. The summed E-state index contributed by atoms with van der Waals surface area (Å²) in [7, 11) is 2.15. The normalized spacial score (nSPS) is 17.9. The van der Waals surface area contributed by atoms with Crippen LogP contribution in [0.25, 0.3) is 11.3 Å². The summed E-state index contributed by atoms with van der Waals surface area (Å²) in [6.07, 6.45) is 0. The molecule has 1 fully saturated rings. The molecule has 0 spiro atoms. The molecule has 5 rings (SSSR count). The molecule has 0 unspecified atom stereocenters. The Morgan fingerprint density at radius 2 is 1.91 bits per heavy atom. The van der Waals surface area contributed by atoms with E-state index < -0.39 is 5.97 Å². The minimum absolute atomic E-state index is 0.145. The first kappa shape index (κ1) is 22.3. The van der Waals surface area contributed by atoms with E-state index in [-0.39, 0.29) is 11.5 Å². The lowest BCUT2D eigenvalue weighted by Gasteiger charge is -2.32. The first-order valence-corrected chi connectivity index (χ1v) is 12.1. The molecular formula is C26H26N4O3S. The number of hydrogen-bond donors (Lipinski definition) is 3. The van der Waals surface area contributed by atoms with Gasteiger partial charge in [-0.2, -0.15) is 11.3 Å². The van der Waals surface area contributed by atoms with Crippen LogP contribution in [0.5, 0.6) is 0 Å². The molecule has 0 atom stereocenters. The highest BCUT2D eigenvalue weighted by atomic mass is 32.1. The molecule has 1 aromatic heterocycles. The Kier molecular flexibility index (Phi) is 6.19. The summed E-state index contributed by atoms with van der Waals surface area (Å²) in [4.78, 5) is 29.4. The number of fused-ring (bicyclic) bond motifs is 1. The number of carboxylic acid groups (broad SMARTS) is 1. The van der Waals surface area contributed by atoms with Gasteiger partial charge in [0.05, 0.1) is 16.8 Å². The Labute approximate surface area is 202 Å². The fourth-order valence-electron chi connectivity index (χ4n) is 4.39. The molecule has 1 saturated heterocycles. The summed E-state index contributed by atoms with van der Waals surface area (Å²) in [6.45, 7) is 5.10. The first-order valence-electron chi connectivity index (χ1n) is 11.2. The molecule has 2 aliphatic heterocycles. The topological polar surface area (TPSA) is 84.9 Å². The van der Waals surface area contributed by atoms with E-state index in [9.17, 15) is 14.7 Å². The largest absolute Gasteiger partial charge is 0.478 e. The molecule has 0 saturated carbocycles. The van der Waals surface area contributed by atoms with Gasteiger partial charge in [-0.15, -0.1) is 0 Å². The maximum atomic E-state index is 13.0. The van der Waals surface area contributed by atoms with Gasteiger partial charge < -0.3 is 20.6 Å². The van der Waals surface area contributed by atoms with Crippen LogP contribution in [0.15, 0.2) is 59.3 Å². The highest BCUT2D eigenvalue weighted by Gasteiger charge is 2.29. The van der Waals surface area contributed by atoms with Crippen molar-refractivity contribution in [3.63, 3.8) is 0 Å². The molecule has 1 amide bonds. The minimum atomic E-state index is -1.02. The van der Waals surface area contributed by atoms with Crippen LogP contribution in [0, 0.1) is 0 Å². The number of piperazine rings is 1. The lowest BCUT2D eigenvalue weighted by atomic mass is 9.99. The van der Waals surface area contributed by atoms with E-state index >= 15 is 0 Å². The fourth-order valence-corrected chi connectivity index (χ4v) is 5.04. The number of carboxylic acids is 1. The van der Waals surface area contributed by atoms with Gasteiger partial charge in [-0.25, -0.2) is 4.79 Å². The quantitative estimate of drug-likeness (QED) is 0.466. The molecule has 3 aromatic rings. The molecule has 34 heavy (non-hydrogen) atoms. The van der Waals surface area contributed by atoms with Gasteiger partial charge in [0, 0.05) is 60.6 Å². The molecule has 0 aliphatic carbocycles. The lowest BCUT2D eigenvalue weighted by molar-refractivity contribution is -0.110. The molecule has 2 aliphatic rings. The molecule has 3 N–H and O–H groups in total. The van der Waals surface area contributed by atoms with Gasteiger partial charge in [0.15, 0.2) is 0 Å². The number of carbonyl (C=O) groups is 2. The third-order valence-corrected chi connectivity index (χ3v) is 6.95. The van der Waals surface area contributed by atoms with Crippen LogP contribution in [0.2, 0.25) is 0 Å². The Morgan fingerprint density at radius 3 is 2.65 bits per heavy atom. The number of amides is 1. The van der Waals surface area contributed by atoms with Gasteiger partial charge in [-0.05, 0) is 54.4 Å². The van der Waals surface area contributed by atoms with Crippen LogP contribution in [0.3, 0.4) is 0 Å². The van der Waals surface area contributed by atoms with Crippen LogP contribution < -0.4 is 10.6 Å². The van der Waals surface area contributed by atoms with Crippen molar-refractivity contribution in [3.8, 4) is 0 Å². The van der Waals surface area contributed by atoms with E-state index in [0.717, 1.165) is 44.0 Å². The third-order valence-electron chi connectivity index (χ3n) is 6.27. The molecule has 0 bridgehead atoms. The number of thiophene rings is 1. The second-order valence-electron chi connectivity index (χ2n) is 8.69. The van der Waals surface area contributed by atoms with Gasteiger partial charge in [0.1, 0.15) is 0 Å². The van der Waals surface area contributed by atoms with Crippen LogP contribution >= 0.6 is 11.3 Å². The second kappa shape index (κ2) is 9.42. The Balaban J connectivity index is 1.50. The van der Waals surface area contributed by atoms with E-state index in [1.165, 1.54) is 11.6 Å². The van der Waals surface area contributed by atoms with Gasteiger partial charge in [0.25, 0.3) is 5.91 Å². The van der Waals surface area contributed by atoms with E-state index in [0.29, 0.717) is 22.5 Å². The van der Waals surface area contributed by atoms with Crippen LogP contribution in [-0.2, 0) is 11.3 Å². The van der Waals surface area contributed by atoms with Crippen molar-refractivity contribution in [2.45, 2.75) is 6.54 Å². The van der Waals surface area contributed by atoms with E-state index in [4.69, 9.17) is 0 Å². The van der Waals surface area contributed by atoms with Crippen molar-refractivity contribution in [1.29, 1.82) is 0 Å². The first-order chi connectivity index (χ1) is 16.5. The number of aromatic carboxylic acids is 1. The zero-order valence-corrected chi connectivity index (χ0v) is 19.7. The van der Waals surface area contributed by atoms with Crippen molar-refractivity contribution in [3.05, 3.63) is 81.5 Å². The predicted octanol–water partition coefficient (Wildman–Crippen LogP) is 4.13. The summed E-state index contributed by atoms with van der Waals surface area (Å²) in [6, 6.07) is 14.9. The summed E-state index contributed by atoms with van der Waals surface area (Å²) < 4.78 is 0. The number of nitrogens with one attached hydrogen (secondary N) is 2. The molecule has 2 aromatic carbocycles. The zero-order valence-electron chi connectivity index (χ0n) is 18.9. The molecule has 7 nitrogen and oxygen atoms in total. The second-order valence-corrected chi connectivity index (χ2v) is 9.47. The lowest BCUT2D eigenvalue weighted by Crippen LogP contribution is -2.43. The van der Waals surface area contributed by atoms with Gasteiger partial charge in [-0.1, -0.05) is 12.1 Å². The zero-order chi connectivity index (χ0) is 23.7. The summed E-state index contributed by atoms with van der Waals surface area (Å²) in [5, 5.41) is 19.8. The molecule has 3 heterocycles. The standard InChI is InChI=1S/C26H26N4O3S/c1-29-8-10-30(11-9-29)15-17-3-2-4-20(13-17)27-24(19-7-12-34-16-19)23-21-14-18(26(32)33)5-6-22(21)28-25(23)31/h2-7,12-14,16,27H,8-11,15H2,1H3,(H,28,31)(H,32,33). The molecular weight excluding hydrogens is 448 g/mol. The maximum Gasteiger partial charge on any atom is 0.335 e. The van der Waals surface area contributed by atoms with Gasteiger partial charge in [0.2, 0.25) is 0 Å². The number of hydrogen-bond acceptors (Lipinski definition) is 6. The molecule has 174 valence electrons. The number of benzene rings is 2. The minimum Gasteiger partial charge on any atom is -0.478 e. The average molecular weight is 475 g/mol. The summed E-state index contributed by atoms with van der Waals surface area (Å²) >= 11 is 1.54. The van der Waals surface area contributed by atoms with E-state index in [1.54, 1.807) is 23.5 Å². The van der Waals surface area contributed by atoms with Crippen molar-refractivity contribution < 1.29 is 14.7 Å². The number of likely N-dealkylation sites (N-methyl/N-ethyl adjacent to an activating group) is 1. The van der Waals surface area contributed by atoms with Crippen molar-refractivity contribution in [1.82, 2.24) is 9.80 Å². The monoisotopic (exact) mass is 474 g/mol. The predicted molar refractivity (Wildman–Crippen MR) is 136 cm³/mol. The van der Waals surface area contributed by atoms with E-state index in [2.05, 4.69) is 39.6 Å². The SMILES string of the molecule is CN1CCN(Cc2cccc(NC(=C3C(=O)Nc4ccc(C(=O)O)cc43)c3ccsc3)c2)CC1. The highest BCUT2D eigenvalue weighted by molar-refractivity contribution is 7.08. The smallest absolute Gasteiger partial charge is 0.335 e. The third kappa shape index (κ3) is 4.61. The van der Waals surface area contributed by atoms with Crippen molar-refractivity contribution in [2.75, 3.05) is 43.9 Å². The van der Waals surface area contributed by atoms with Gasteiger partial charge >= 0.3 is 5.97 Å². The van der Waals surface area contributed by atoms with Crippen LogP contribution in [0.1, 0.15) is 27.0 Å². The van der Waals surface area contributed by atoms with Gasteiger partial charge in [-0.3, -0.25) is 9.69 Å². The number of nitrogens with zero attached hydrogens (tertiary/aromatic N) is 2. The van der Waals surface area contributed by atoms with Crippen molar-refractivity contribution in [2.24, 2.45) is 0 Å². The fraction of sp³-hybridized carbons (Fsp3) is 0.231. The summed E-state index contributed by atoms with van der Waals surface area (Å²) in [5.41, 5.74) is 5.43. The summed E-state index contributed by atoms with van der Waals surface area (Å²) in [5.74, 6) is -1.28. The Bertz CT molecular complexity index is 1260. The van der Waals surface area contributed by atoms with Crippen LogP contribution in [0.4, 0.5) is 11.4 Å². The number of anilines is 2. The Morgan fingerprint density at radius 1 is 1.09 bits per heavy atom. The highest BCUT2D eigenvalue weighted by Crippen LogP contribution is 2.38. The Hall–Kier alpha value is -3.46. The van der Waals surface area contributed by atoms with E-state index in [1.807, 2.05) is 29.0 Å². The van der Waals surface area contributed by atoms with Crippen molar-refractivity contribution >= 4 is 45.9 Å².